The van der Waals surface area contributed by atoms with Gasteiger partial charge in [-0.05, 0) is 31.2 Å². The third kappa shape index (κ3) is 5.21. The number of benzene rings is 2. The van der Waals surface area contributed by atoms with Gasteiger partial charge < -0.3 is 9.47 Å². The van der Waals surface area contributed by atoms with E-state index in [0.29, 0.717) is 11.0 Å². The Kier molecular flexibility index (Phi) is 6.45. The van der Waals surface area contributed by atoms with Crippen LogP contribution in [0.3, 0.4) is 0 Å². The summed E-state index contributed by atoms with van der Waals surface area (Å²) in [5.41, 5.74) is 3.70. The fraction of sp³-hybridized carbons (Fsp3) is 0.222. The molecule has 0 bridgehead atoms. The second kappa shape index (κ2) is 9.20. The zero-order valence-corrected chi connectivity index (χ0v) is 15.4. The highest BCUT2D eigenvalue weighted by atomic mass is 19.3. The predicted molar refractivity (Wildman–Crippen MR) is 97.6 cm³/mol. The van der Waals surface area contributed by atoms with Crippen LogP contribution in [0.1, 0.15) is 12.5 Å². The molecule has 0 fully saturated rings. The second-order valence-electron chi connectivity index (χ2n) is 5.88. The molecular weight excluding hydrogens is 410 g/mol. The van der Waals surface area contributed by atoms with Gasteiger partial charge in [0.05, 0.1) is 11.2 Å². The first-order valence-electron chi connectivity index (χ1n) is 8.49. The maximum absolute atomic E-state index is 12.7. The van der Waals surface area contributed by atoms with E-state index in [-0.39, 0.29) is 23.6 Å². The van der Waals surface area contributed by atoms with E-state index in [1.807, 2.05) is 0 Å². The lowest BCUT2D eigenvalue weighted by molar-refractivity contribution is -0.121. The lowest BCUT2D eigenvalue weighted by Gasteiger charge is -2.13. The van der Waals surface area contributed by atoms with Gasteiger partial charge in [0.2, 0.25) is 0 Å². The van der Waals surface area contributed by atoms with Gasteiger partial charge in [0.25, 0.3) is 5.91 Å². The summed E-state index contributed by atoms with van der Waals surface area (Å²) in [5.74, 6) is -1.33. The van der Waals surface area contributed by atoms with E-state index >= 15 is 0 Å². The molecule has 0 atom stereocenters. The highest BCUT2D eigenvalue weighted by molar-refractivity contribution is 6.01. The molecule has 158 valence electrons. The lowest BCUT2D eigenvalue weighted by Crippen LogP contribution is -2.25. The number of para-hydroxylation sites is 1. The number of hydrogen-bond donors (Lipinski definition) is 1. The molecule has 8 nitrogen and oxygen atoms in total. The molecule has 12 heteroatoms. The van der Waals surface area contributed by atoms with Crippen LogP contribution >= 0.6 is 0 Å². The molecule has 0 radical (unpaired) electrons. The van der Waals surface area contributed by atoms with Crippen LogP contribution in [0.15, 0.2) is 47.6 Å². The summed E-state index contributed by atoms with van der Waals surface area (Å²) in [7, 11) is 0. The van der Waals surface area contributed by atoms with Crippen LogP contribution in [0.5, 0.6) is 11.5 Å². The van der Waals surface area contributed by atoms with E-state index in [1.165, 1.54) is 17.7 Å². The molecule has 1 aromatic heterocycles. The Labute approximate surface area is 167 Å². The molecule has 3 rings (SSSR count). The average Bonchev–Trinajstić information content (AvgIpc) is 3.08. The number of hydrogen-bond acceptors (Lipinski definition) is 6. The normalized spacial score (nSPS) is 11.9. The van der Waals surface area contributed by atoms with Gasteiger partial charge in [-0.2, -0.15) is 22.7 Å². The molecule has 0 aliphatic carbocycles. The van der Waals surface area contributed by atoms with E-state index in [4.69, 9.17) is 0 Å². The van der Waals surface area contributed by atoms with E-state index < -0.39 is 24.9 Å². The van der Waals surface area contributed by atoms with Crippen LogP contribution in [0.25, 0.3) is 11.0 Å². The molecule has 1 amide bonds. The Morgan fingerprint density at radius 1 is 1.13 bits per heavy atom. The second-order valence-corrected chi connectivity index (χ2v) is 5.88. The SMILES string of the molecule is C/C(=N/NC(=O)Cn1nnc2ccccc21)c1ccc(OC(F)F)cc1OC(F)F. The Bertz CT molecular complexity index is 1070. The topological polar surface area (TPSA) is 90.6 Å². The maximum Gasteiger partial charge on any atom is 0.387 e. The minimum absolute atomic E-state index is 0.0587. The molecule has 0 aliphatic heterocycles. The summed E-state index contributed by atoms with van der Waals surface area (Å²) < 4.78 is 59.9. The van der Waals surface area contributed by atoms with Crippen LogP contribution in [0, 0.1) is 0 Å². The lowest BCUT2D eigenvalue weighted by atomic mass is 10.1. The van der Waals surface area contributed by atoms with Crippen molar-refractivity contribution in [2.75, 3.05) is 0 Å². The fourth-order valence-corrected chi connectivity index (χ4v) is 2.58. The zero-order valence-electron chi connectivity index (χ0n) is 15.4. The van der Waals surface area contributed by atoms with E-state index in [2.05, 4.69) is 30.3 Å². The highest BCUT2D eigenvalue weighted by Crippen LogP contribution is 2.28. The van der Waals surface area contributed by atoms with Gasteiger partial charge in [-0.25, -0.2) is 10.1 Å². The average molecular weight is 425 g/mol. The van der Waals surface area contributed by atoms with Crippen LogP contribution in [-0.4, -0.2) is 39.8 Å². The summed E-state index contributed by atoms with van der Waals surface area (Å²) in [5, 5.41) is 11.7. The van der Waals surface area contributed by atoms with Crippen molar-refractivity contribution in [2.24, 2.45) is 5.10 Å². The van der Waals surface area contributed by atoms with Crippen molar-refractivity contribution in [3.8, 4) is 11.5 Å². The van der Waals surface area contributed by atoms with Gasteiger partial charge in [-0.15, -0.1) is 5.10 Å². The first-order valence-corrected chi connectivity index (χ1v) is 8.49. The summed E-state index contributed by atoms with van der Waals surface area (Å²) in [6.07, 6.45) is 0. The van der Waals surface area contributed by atoms with E-state index in [9.17, 15) is 22.4 Å². The van der Waals surface area contributed by atoms with Crippen molar-refractivity contribution in [1.82, 2.24) is 20.4 Å². The first kappa shape index (κ1) is 21.0. The van der Waals surface area contributed by atoms with Gasteiger partial charge >= 0.3 is 13.2 Å². The summed E-state index contributed by atoms with van der Waals surface area (Å²) in [4.78, 5) is 12.2. The van der Waals surface area contributed by atoms with Crippen molar-refractivity contribution < 1.29 is 31.8 Å². The van der Waals surface area contributed by atoms with Gasteiger partial charge in [0.1, 0.15) is 23.6 Å². The number of amides is 1. The number of rotatable bonds is 8. The maximum atomic E-state index is 12.7. The molecule has 0 saturated carbocycles. The number of aromatic nitrogens is 3. The minimum atomic E-state index is -3.20. The van der Waals surface area contributed by atoms with E-state index in [0.717, 1.165) is 12.1 Å². The number of fused-ring (bicyclic) bond motifs is 1. The number of alkyl halides is 4. The molecule has 1 N–H and O–H groups in total. The third-order valence-corrected chi connectivity index (χ3v) is 3.85. The molecule has 30 heavy (non-hydrogen) atoms. The number of ether oxygens (including phenoxy) is 2. The molecule has 1 heterocycles. The minimum Gasteiger partial charge on any atom is -0.435 e. The van der Waals surface area contributed by atoms with Crippen molar-refractivity contribution in [1.29, 1.82) is 0 Å². The summed E-state index contributed by atoms with van der Waals surface area (Å²) in [6, 6.07) is 10.3. The molecule has 2 aromatic carbocycles. The smallest absolute Gasteiger partial charge is 0.387 e. The highest BCUT2D eigenvalue weighted by Gasteiger charge is 2.16. The monoisotopic (exact) mass is 425 g/mol. The number of hydrazone groups is 1. The number of halogens is 4. The van der Waals surface area contributed by atoms with Crippen LogP contribution in [-0.2, 0) is 11.3 Å². The van der Waals surface area contributed by atoms with Crippen molar-refractivity contribution in [3.63, 3.8) is 0 Å². The van der Waals surface area contributed by atoms with Gasteiger partial charge in [-0.3, -0.25) is 4.79 Å². The predicted octanol–water partition coefficient (Wildman–Crippen LogP) is 3.17. The molecule has 0 aliphatic rings. The molecule has 0 unspecified atom stereocenters. The number of carbonyl (C=O) groups excluding carboxylic acids is 1. The van der Waals surface area contributed by atoms with Crippen LogP contribution in [0.2, 0.25) is 0 Å². The van der Waals surface area contributed by atoms with Gasteiger partial charge in [-0.1, -0.05) is 17.3 Å². The number of nitrogens with zero attached hydrogens (tertiary/aromatic N) is 4. The Morgan fingerprint density at radius 3 is 2.60 bits per heavy atom. The molecular formula is C18H15F4N5O3. The van der Waals surface area contributed by atoms with Crippen molar-refractivity contribution in [2.45, 2.75) is 26.7 Å². The van der Waals surface area contributed by atoms with Crippen molar-refractivity contribution in [3.05, 3.63) is 48.0 Å². The molecule has 0 spiro atoms. The van der Waals surface area contributed by atoms with Gasteiger partial charge in [0, 0.05) is 11.6 Å². The van der Waals surface area contributed by atoms with Crippen LogP contribution < -0.4 is 14.9 Å². The zero-order chi connectivity index (χ0) is 21.7. The number of nitrogens with one attached hydrogen (secondary N) is 1. The molecule has 0 saturated heterocycles. The quantitative estimate of drug-likeness (QED) is 0.340. The Morgan fingerprint density at radius 2 is 1.87 bits per heavy atom. The summed E-state index contributed by atoms with van der Waals surface area (Å²) in [6.45, 7) is -5.09. The van der Waals surface area contributed by atoms with E-state index in [1.54, 1.807) is 24.3 Å². The third-order valence-electron chi connectivity index (χ3n) is 3.85. The largest absolute Gasteiger partial charge is 0.435 e. The fourth-order valence-electron chi connectivity index (χ4n) is 2.58. The number of carbonyl (C=O) groups is 1. The summed E-state index contributed by atoms with van der Waals surface area (Å²) >= 11 is 0. The Hall–Kier alpha value is -3.70. The standard InChI is InChI=1S/C18H15F4N5O3/c1-10(12-7-6-11(29-17(19)20)8-15(12)30-18(21)22)23-25-16(28)9-27-14-5-3-2-4-13(14)24-26-27/h2-8,17-18H,9H2,1H3,(H,25,28)/b23-10-. The van der Waals surface area contributed by atoms with Crippen LogP contribution in [0.4, 0.5) is 17.6 Å². The first-order chi connectivity index (χ1) is 14.3. The van der Waals surface area contributed by atoms with Crippen molar-refractivity contribution >= 4 is 22.7 Å². The Balaban J connectivity index is 1.74. The van der Waals surface area contributed by atoms with Gasteiger partial charge in [0.15, 0.2) is 0 Å². The molecule has 3 aromatic rings.